The number of nitriles is 1. The molecule has 2 aromatic heterocycles. The van der Waals surface area contributed by atoms with Crippen LogP contribution in [0.2, 0.25) is 0 Å². The van der Waals surface area contributed by atoms with Crippen LogP contribution in [-0.2, 0) is 6.42 Å². The second-order valence-electron chi connectivity index (χ2n) is 6.41. The van der Waals surface area contributed by atoms with Crippen LogP contribution in [0.5, 0.6) is 0 Å². The quantitative estimate of drug-likeness (QED) is 0.879. The number of rotatable bonds is 3. The fourth-order valence-corrected chi connectivity index (χ4v) is 2.86. The molecule has 8 nitrogen and oxygen atoms in total. The van der Waals surface area contributed by atoms with Crippen LogP contribution < -0.4 is 10.6 Å². The minimum atomic E-state index is -0.683. The molecule has 2 aromatic rings. The van der Waals surface area contributed by atoms with Gasteiger partial charge in [0.1, 0.15) is 11.7 Å². The van der Waals surface area contributed by atoms with Crippen LogP contribution in [0.15, 0.2) is 29.5 Å². The van der Waals surface area contributed by atoms with Gasteiger partial charge < -0.3 is 10.6 Å². The van der Waals surface area contributed by atoms with Crippen molar-refractivity contribution in [3.63, 3.8) is 0 Å². The van der Waals surface area contributed by atoms with Crippen LogP contribution >= 0.6 is 0 Å². The van der Waals surface area contributed by atoms with Gasteiger partial charge >= 0.3 is 6.03 Å². The van der Waals surface area contributed by atoms with Gasteiger partial charge in [0.25, 0.3) is 0 Å². The molecule has 8 heteroatoms. The molecule has 25 heavy (non-hydrogen) atoms. The predicted octanol–water partition coefficient (Wildman–Crippen LogP) is 1.23. The fraction of sp³-hybridized carbons (Fsp3) is 0.353. The summed E-state index contributed by atoms with van der Waals surface area (Å²) in [4.78, 5) is 20.6. The largest absolute Gasteiger partial charge is 0.320 e. The van der Waals surface area contributed by atoms with E-state index in [4.69, 9.17) is 5.26 Å². The van der Waals surface area contributed by atoms with E-state index in [0.717, 1.165) is 22.6 Å². The molecule has 1 aliphatic carbocycles. The van der Waals surface area contributed by atoms with Gasteiger partial charge in [-0.15, -0.1) is 0 Å². The summed E-state index contributed by atoms with van der Waals surface area (Å²) in [5, 5.41) is 19.0. The lowest BCUT2D eigenvalue weighted by Crippen LogP contribution is -2.47. The highest BCUT2D eigenvalue weighted by molar-refractivity contribution is 5.83. The molecule has 2 N–H and O–H groups in total. The lowest BCUT2D eigenvalue weighted by Gasteiger charge is -2.19. The van der Waals surface area contributed by atoms with Crippen LogP contribution in [0, 0.1) is 18.3 Å². The number of aryl methyl sites for hydroxylation is 1. The van der Waals surface area contributed by atoms with Gasteiger partial charge in [0, 0.05) is 30.1 Å². The first kappa shape index (κ1) is 15.3. The summed E-state index contributed by atoms with van der Waals surface area (Å²) in [5.74, 6) is 0. The van der Waals surface area contributed by atoms with Gasteiger partial charge in [0.05, 0.1) is 23.6 Å². The Morgan fingerprint density at radius 2 is 2.32 bits per heavy atom. The smallest absolute Gasteiger partial charge is 0.317 e. The topological polar surface area (TPSA) is 108 Å². The number of nitrogens with one attached hydrogen (secondary N) is 2. The molecule has 2 amide bonds. The molecule has 0 aromatic carbocycles. The van der Waals surface area contributed by atoms with Crippen molar-refractivity contribution in [1.29, 1.82) is 5.26 Å². The van der Waals surface area contributed by atoms with Gasteiger partial charge in [-0.3, -0.25) is 9.98 Å². The highest BCUT2D eigenvalue weighted by Crippen LogP contribution is 2.34. The highest BCUT2D eigenvalue weighted by atomic mass is 16.2. The standard InChI is InChI=1S/C17H17N7O/c1-11-6-13(2-5-19-11)24-14-9-20-15(7-12(14)8-21-24)22-16(25)23-17(10-18)3-4-17/h2,5-6,8-9,15H,3-4,7H2,1H3,(H2,22,23,25). The minimum absolute atomic E-state index is 0.359. The average molecular weight is 335 g/mol. The van der Waals surface area contributed by atoms with Crippen molar-refractivity contribution in [2.45, 2.75) is 37.9 Å². The Morgan fingerprint density at radius 1 is 1.48 bits per heavy atom. The summed E-state index contributed by atoms with van der Waals surface area (Å²) in [6, 6.07) is 5.62. The zero-order valence-corrected chi connectivity index (χ0v) is 13.7. The minimum Gasteiger partial charge on any atom is -0.320 e. The molecule has 1 atom stereocenters. The second-order valence-corrected chi connectivity index (χ2v) is 6.41. The van der Waals surface area contributed by atoms with Crippen LogP contribution in [0.1, 0.15) is 29.8 Å². The fourth-order valence-electron chi connectivity index (χ4n) is 2.86. The van der Waals surface area contributed by atoms with Crippen molar-refractivity contribution in [3.8, 4) is 11.8 Å². The number of aliphatic imine (C=N–C) groups is 1. The van der Waals surface area contributed by atoms with Crippen LogP contribution in [0.25, 0.3) is 5.69 Å². The van der Waals surface area contributed by atoms with Gasteiger partial charge in [-0.25, -0.2) is 9.48 Å². The molecule has 0 saturated heterocycles. The van der Waals surface area contributed by atoms with Crippen molar-refractivity contribution < 1.29 is 4.79 Å². The lowest BCUT2D eigenvalue weighted by atomic mass is 10.1. The van der Waals surface area contributed by atoms with E-state index in [1.807, 2.05) is 23.7 Å². The maximum atomic E-state index is 12.0. The number of amides is 2. The Morgan fingerprint density at radius 3 is 3.04 bits per heavy atom. The van der Waals surface area contributed by atoms with Gasteiger partial charge in [-0.1, -0.05) is 0 Å². The molecule has 1 aliphatic heterocycles. The first-order valence-corrected chi connectivity index (χ1v) is 8.12. The van der Waals surface area contributed by atoms with Crippen molar-refractivity contribution in [3.05, 3.63) is 41.5 Å². The Hall–Kier alpha value is -3.21. The van der Waals surface area contributed by atoms with Crippen molar-refractivity contribution in [2.24, 2.45) is 4.99 Å². The summed E-state index contributed by atoms with van der Waals surface area (Å²) < 4.78 is 1.82. The summed E-state index contributed by atoms with van der Waals surface area (Å²) in [7, 11) is 0. The SMILES string of the molecule is Cc1cc(-n2ncc3c2C=NC(NC(=O)NC2(C#N)CC2)C3)ccn1. The summed E-state index contributed by atoms with van der Waals surface area (Å²) in [5.41, 5.74) is 3.07. The maximum absolute atomic E-state index is 12.0. The Balaban J connectivity index is 1.47. The molecule has 3 heterocycles. The van der Waals surface area contributed by atoms with Gasteiger partial charge in [0.15, 0.2) is 0 Å². The monoisotopic (exact) mass is 335 g/mol. The van der Waals surface area contributed by atoms with Crippen molar-refractivity contribution >= 4 is 12.2 Å². The number of urea groups is 1. The Kier molecular flexibility index (Phi) is 3.50. The summed E-state index contributed by atoms with van der Waals surface area (Å²) in [6.07, 6.45) is 6.86. The zero-order chi connectivity index (χ0) is 17.4. The average Bonchev–Trinajstić information content (AvgIpc) is 3.24. The molecule has 0 bridgehead atoms. The Labute approximate surface area is 144 Å². The molecule has 4 rings (SSSR count). The van der Waals surface area contributed by atoms with Gasteiger partial charge in [0.2, 0.25) is 0 Å². The van der Waals surface area contributed by atoms with E-state index >= 15 is 0 Å². The van der Waals surface area contributed by atoms with E-state index in [2.05, 4.69) is 31.8 Å². The lowest BCUT2D eigenvalue weighted by molar-refractivity contribution is 0.234. The van der Waals surface area contributed by atoms with Crippen molar-refractivity contribution in [1.82, 2.24) is 25.4 Å². The second kappa shape index (κ2) is 5.70. The number of hydrogen-bond acceptors (Lipinski definition) is 5. The van der Waals surface area contributed by atoms with Crippen molar-refractivity contribution in [2.75, 3.05) is 0 Å². The number of fused-ring (bicyclic) bond motifs is 1. The third-order valence-electron chi connectivity index (χ3n) is 4.42. The number of pyridine rings is 1. The number of carbonyl (C=O) groups is 1. The molecule has 126 valence electrons. The van der Waals surface area contributed by atoms with E-state index < -0.39 is 5.54 Å². The predicted molar refractivity (Wildman–Crippen MR) is 90.4 cm³/mol. The maximum Gasteiger partial charge on any atom is 0.317 e. The molecule has 1 fully saturated rings. The first-order valence-electron chi connectivity index (χ1n) is 8.12. The van der Waals surface area contributed by atoms with Crippen LogP contribution in [0.3, 0.4) is 0 Å². The zero-order valence-electron chi connectivity index (χ0n) is 13.7. The highest BCUT2D eigenvalue weighted by Gasteiger charge is 2.44. The summed E-state index contributed by atoms with van der Waals surface area (Å²) >= 11 is 0. The number of aromatic nitrogens is 3. The number of nitrogens with zero attached hydrogens (tertiary/aromatic N) is 5. The molecule has 0 radical (unpaired) electrons. The number of carbonyl (C=O) groups excluding carboxylic acids is 1. The van der Waals surface area contributed by atoms with Crippen LogP contribution in [0.4, 0.5) is 4.79 Å². The third-order valence-corrected chi connectivity index (χ3v) is 4.42. The van der Waals surface area contributed by atoms with Gasteiger partial charge in [-0.2, -0.15) is 10.4 Å². The molecule has 1 saturated carbocycles. The van der Waals surface area contributed by atoms with Crippen LogP contribution in [-0.4, -0.2) is 38.7 Å². The van der Waals surface area contributed by atoms with E-state index in [-0.39, 0.29) is 12.2 Å². The van der Waals surface area contributed by atoms with E-state index in [1.165, 1.54) is 0 Å². The van der Waals surface area contributed by atoms with E-state index in [1.54, 1.807) is 18.6 Å². The molecular weight excluding hydrogens is 318 g/mol. The summed E-state index contributed by atoms with van der Waals surface area (Å²) in [6.45, 7) is 1.93. The molecule has 0 spiro atoms. The first-order chi connectivity index (χ1) is 12.1. The molecular formula is C17H17N7O. The van der Waals surface area contributed by atoms with Gasteiger partial charge in [-0.05, 0) is 31.9 Å². The third kappa shape index (κ3) is 2.96. The molecule has 1 unspecified atom stereocenters. The van der Waals surface area contributed by atoms with E-state index in [0.29, 0.717) is 19.3 Å². The Bertz CT molecular complexity index is 904. The number of hydrogen-bond donors (Lipinski definition) is 2. The van der Waals surface area contributed by atoms with E-state index in [9.17, 15) is 4.79 Å². The molecule has 2 aliphatic rings. The normalized spacial score (nSPS) is 19.6.